The molecular weight excluding hydrogens is 340 g/mol. The van der Waals surface area contributed by atoms with Crippen molar-refractivity contribution in [2.75, 3.05) is 27.3 Å². The van der Waals surface area contributed by atoms with Crippen LogP contribution < -0.4 is 9.47 Å². The lowest BCUT2D eigenvalue weighted by Crippen LogP contribution is -2.35. The summed E-state index contributed by atoms with van der Waals surface area (Å²) in [5.74, 6) is 1.23. The van der Waals surface area contributed by atoms with Crippen LogP contribution in [-0.2, 0) is 10.0 Å². The predicted molar refractivity (Wildman–Crippen MR) is 96.0 cm³/mol. The Hall–Kier alpha value is -2.54. The molecule has 2 aromatic carbocycles. The number of nitrogens with zero attached hydrogens (tertiary/aromatic N) is 2. The first-order valence-electron chi connectivity index (χ1n) is 7.84. The maximum absolute atomic E-state index is 13.3. The van der Waals surface area contributed by atoms with Crippen LogP contribution in [0.2, 0.25) is 0 Å². The van der Waals surface area contributed by atoms with Crippen molar-refractivity contribution >= 4 is 15.9 Å². The molecule has 0 spiro atoms. The zero-order valence-corrected chi connectivity index (χ0v) is 15.2. The highest BCUT2D eigenvalue weighted by Gasteiger charge is 2.34. The molecule has 0 aliphatic carbocycles. The molecule has 0 N–H and O–H groups in total. The Kier molecular flexibility index (Phi) is 4.67. The Balaban J connectivity index is 2.09. The number of hydrogen-bond donors (Lipinski definition) is 0. The van der Waals surface area contributed by atoms with Gasteiger partial charge < -0.3 is 9.47 Å². The minimum atomic E-state index is -3.83. The van der Waals surface area contributed by atoms with Crippen LogP contribution >= 0.6 is 0 Å². The first-order valence-corrected chi connectivity index (χ1v) is 9.28. The molecule has 0 aromatic heterocycles. The number of hydrogen-bond acceptors (Lipinski definition) is 5. The van der Waals surface area contributed by atoms with Gasteiger partial charge in [0.2, 0.25) is 0 Å². The Morgan fingerprint density at radius 3 is 2.36 bits per heavy atom. The van der Waals surface area contributed by atoms with E-state index < -0.39 is 10.0 Å². The molecule has 0 unspecified atom stereocenters. The Morgan fingerprint density at radius 2 is 1.72 bits per heavy atom. The summed E-state index contributed by atoms with van der Waals surface area (Å²) in [6.45, 7) is 2.56. The normalized spacial score (nSPS) is 14.4. The third kappa shape index (κ3) is 3.07. The number of aliphatic imine (C=N–C) groups is 1. The molecule has 0 saturated heterocycles. The van der Waals surface area contributed by atoms with Gasteiger partial charge in [0, 0.05) is 11.6 Å². The molecule has 132 valence electrons. The second-order valence-corrected chi connectivity index (χ2v) is 7.45. The van der Waals surface area contributed by atoms with Crippen molar-refractivity contribution in [1.82, 2.24) is 4.31 Å². The molecule has 2 aromatic rings. The highest BCUT2D eigenvalue weighted by atomic mass is 32.2. The van der Waals surface area contributed by atoms with Crippen LogP contribution in [0.3, 0.4) is 0 Å². The molecule has 1 heterocycles. The molecule has 25 heavy (non-hydrogen) atoms. The van der Waals surface area contributed by atoms with E-state index in [4.69, 9.17) is 9.47 Å². The minimum absolute atomic E-state index is 0.0722. The predicted octanol–water partition coefficient (Wildman–Crippen LogP) is 2.46. The molecule has 1 aliphatic heterocycles. The van der Waals surface area contributed by atoms with Crippen LogP contribution in [0.15, 0.2) is 52.4 Å². The van der Waals surface area contributed by atoms with Gasteiger partial charge in [-0.05, 0) is 18.6 Å². The summed E-state index contributed by atoms with van der Waals surface area (Å²) in [4.78, 5) is 4.46. The number of aryl methyl sites for hydroxylation is 1. The first-order chi connectivity index (χ1) is 12.0. The fourth-order valence-electron chi connectivity index (χ4n) is 2.83. The molecule has 6 nitrogen and oxygen atoms in total. The quantitative estimate of drug-likeness (QED) is 0.821. The van der Waals surface area contributed by atoms with Gasteiger partial charge in [0.05, 0.1) is 27.3 Å². The standard InChI is InChI=1S/C18H20N2O4S/c1-13-11-16(24-3)17(12-15(13)23-2)25(21,22)20-10-9-19-18(20)14-7-5-4-6-8-14/h4-8,11-12H,9-10H2,1-3H3. The average molecular weight is 360 g/mol. The van der Waals surface area contributed by atoms with Gasteiger partial charge in [-0.1, -0.05) is 30.3 Å². The van der Waals surface area contributed by atoms with Gasteiger partial charge in [-0.15, -0.1) is 0 Å². The monoisotopic (exact) mass is 360 g/mol. The summed E-state index contributed by atoms with van der Waals surface area (Å²) in [5.41, 5.74) is 1.57. The summed E-state index contributed by atoms with van der Waals surface area (Å²) in [7, 11) is -0.864. The fraction of sp³-hybridized carbons (Fsp3) is 0.278. The van der Waals surface area contributed by atoms with Crippen molar-refractivity contribution in [1.29, 1.82) is 0 Å². The second-order valence-electron chi connectivity index (χ2n) is 5.62. The number of ether oxygens (including phenoxy) is 2. The second kappa shape index (κ2) is 6.76. The van der Waals surface area contributed by atoms with Crippen LogP contribution in [0.1, 0.15) is 11.1 Å². The highest BCUT2D eigenvalue weighted by Crippen LogP contribution is 2.34. The third-order valence-corrected chi connectivity index (χ3v) is 5.89. The minimum Gasteiger partial charge on any atom is -0.496 e. The Morgan fingerprint density at radius 1 is 1.04 bits per heavy atom. The van der Waals surface area contributed by atoms with Gasteiger partial charge in [0.15, 0.2) is 0 Å². The van der Waals surface area contributed by atoms with E-state index in [9.17, 15) is 8.42 Å². The van der Waals surface area contributed by atoms with Crippen LogP contribution in [0, 0.1) is 6.92 Å². The summed E-state index contributed by atoms with van der Waals surface area (Å²) >= 11 is 0. The van der Waals surface area contributed by atoms with Crippen LogP contribution in [0.25, 0.3) is 0 Å². The number of rotatable bonds is 5. The molecule has 7 heteroatoms. The third-order valence-electron chi connectivity index (χ3n) is 4.08. The van der Waals surface area contributed by atoms with Crippen molar-refractivity contribution in [3.63, 3.8) is 0 Å². The lowest BCUT2D eigenvalue weighted by atomic mass is 10.2. The van der Waals surface area contributed by atoms with Gasteiger partial charge in [-0.2, -0.15) is 0 Å². The Labute approximate surface area is 147 Å². The molecule has 0 fully saturated rings. The lowest BCUT2D eigenvalue weighted by Gasteiger charge is -2.22. The van der Waals surface area contributed by atoms with Crippen molar-refractivity contribution in [3.8, 4) is 11.5 Å². The highest BCUT2D eigenvalue weighted by molar-refractivity contribution is 7.89. The first kappa shape index (κ1) is 17.3. The molecule has 1 aliphatic rings. The van der Waals surface area contributed by atoms with Crippen molar-refractivity contribution < 1.29 is 17.9 Å². The molecule has 0 amide bonds. The molecular formula is C18H20N2O4S. The van der Waals surface area contributed by atoms with E-state index in [1.165, 1.54) is 24.6 Å². The summed E-state index contributed by atoms with van der Waals surface area (Å²) < 4.78 is 38.5. The number of amidine groups is 1. The number of benzene rings is 2. The summed E-state index contributed by atoms with van der Waals surface area (Å²) in [6.07, 6.45) is 0. The van der Waals surface area contributed by atoms with E-state index in [1.807, 2.05) is 37.3 Å². The van der Waals surface area contributed by atoms with E-state index in [2.05, 4.69) is 4.99 Å². The number of sulfonamides is 1. The smallest absolute Gasteiger partial charge is 0.269 e. The van der Waals surface area contributed by atoms with Gasteiger partial charge >= 0.3 is 0 Å². The van der Waals surface area contributed by atoms with Crippen LogP contribution in [-0.4, -0.2) is 45.9 Å². The average Bonchev–Trinajstić information content (AvgIpc) is 3.12. The van der Waals surface area contributed by atoms with Gasteiger partial charge in [0.1, 0.15) is 22.2 Å². The van der Waals surface area contributed by atoms with E-state index in [-0.39, 0.29) is 10.6 Å². The molecule has 0 saturated carbocycles. The zero-order valence-electron chi connectivity index (χ0n) is 14.4. The zero-order chi connectivity index (χ0) is 18.0. The van der Waals surface area contributed by atoms with E-state index in [0.29, 0.717) is 24.7 Å². The van der Waals surface area contributed by atoms with Gasteiger partial charge in [-0.3, -0.25) is 4.99 Å². The van der Waals surface area contributed by atoms with Gasteiger partial charge in [0.25, 0.3) is 10.0 Å². The Bertz CT molecular complexity index is 908. The SMILES string of the molecule is COc1cc(S(=O)(=O)N2CCN=C2c2ccccc2)c(OC)cc1C. The van der Waals surface area contributed by atoms with E-state index >= 15 is 0 Å². The van der Waals surface area contributed by atoms with E-state index in [1.54, 1.807) is 6.07 Å². The largest absolute Gasteiger partial charge is 0.496 e. The maximum Gasteiger partial charge on any atom is 0.269 e. The molecule has 0 atom stereocenters. The van der Waals surface area contributed by atoms with Crippen LogP contribution in [0.5, 0.6) is 11.5 Å². The lowest BCUT2D eigenvalue weighted by molar-refractivity contribution is 0.388. The molecule has 0 radical (unpaired) electrons. The topological polar surface area (TPSA) is 68.2 Å². The fourth-order valence-corrected chi connectivity index (χ4v) is 4.43. The molecule has 3 rings (SSSR count). The maximum atomic E-state index is 13.3. The summed E-state index contributed by atoms with van der Waals surface area (Å²) in [5, 5.41) is 0. The molecule has 0 bridgehead atoms. The van der Waals surface area contributed by atoms with E-state index in [0.717, 1.165) is 11.1 Å². The van der Waals surface area contributed by atoms with Crippen molar-refractivity contribution in [2.45, 2.75) is 11.8 Å². The number of methoxy groups -OCH3 is 2. The van der Waals surface area contributed by atoms with Gasteiger partial charge in [-0.25, -0.2) is 12.7 Å². The summed E-state index contributed by atoms with van der Waals surface area (Å²) in [6, 6.07) is 12.5. The van der Waals surface area contributed by atoms with Crippen molar-refractivity contribution in [3.05, 3.63) is 53.6 Å². The van der Waals surface area contributed by atoms with Crippen LogP contribution in [0.4, 0.5) is 0 Å². The van der Waals surface area contributed by atoms with Crippen molar-refractivity contribution in [2.24, 2.45) is 4.99 Å².